The van der Waals surface area contributed by atoms with E-state index in [1.165, 1.54) is 24.7 Å². The SMILES string of the molecule is COC(=O)CCC[C@H]1CCc2ccc(OC)cc21. The zero-order valence-corrected chi connectivity index (χ0v) is 11.1. The third kappa shape index (κ3) is 2.84. The van der Waals surface area contributed by atoms with E-state index in [1.807, 2.05) is 6.07 Å². The van der Waals surface area contributed by atoms with Crippen LogP contribution in [0.3, 0.4) is 0 Å². The van der Waals surface area contributed by atoms with Crippen molar-refractivity contribution in [3.8, 4) is 5.75 Å². The molecule has 18 heavy (non-hydrogen) atoms. The fourth-order valence-electron chi connectivity index (χ4n) is 2.69. The van der Waals surface area contributed by atoms with Crippen LogP contribution in [0, 0.1) is 0 Å². The summed E-state index contributed by atoms with van der Waals surface area (Å²) in [6.45, 7) is 0. The normalized spacial score (nSPS) is 17.3. The van der Waals surface area contributed by atoms with Gasteiger partial charge >= 0.3 is 5.97 Å². The molecule has 3 nitrogen and oxygen atoms in total. The van der Waals surface area contributed by atoms with Crippen molar-refractivity contribution < 1.29 is 14.3 Å². The average molecular weight is 248 g/mol. The summed E-state index contributed by atoms with van der Waals surface area (Å²) < 4.78 is 9.94. The van der Waals surface area contributed by atoms with Crippen molar-refractivity contribution in [2.24, 2.45) is 0 Å². The highest BCUT2D eigenvalue weighted by atomic mass is 16.5. The number of rotatable bonds is 5. The predicted molar refractivity (Wildman–Crippen MR) is 69.9 cm³/mol. The van der Waals surface area contributed by atoms with Crippen LogP contribution in [0.4, 0.5) is 0 Å². The number of esters is 1. The summed E-state index contributed by atoms with van der Waals surface area (Å²) in [5, 5.41) is 0. The highest BCUT2D eigenvalue weighted by Crippen LogP contribution is 2.38. The highest BCUT2D eigenvalue weighted by molar-refractivity contribution is 5.69. The number of fused-ring (bicyclic) bond motifs is 1. The lowest BCUT2D eigenvalue weighted by atomic mass is 9.95. The van der Waals surface area contributed by atoms with Crippen molar-refractivity contribution in [3.63, 3.8) is 0 Å². The summed E-state index contributed by atoms with van der Waals surface area (Å²) >= 11 is 0. The Morgan fingerprint density at radius 1 is 1.39 bits per heavy atom. The number of hydrogen-bond donors (Lipinski definition) is 0. The summed E-state index contributed by atoms with van der Waals surface area (Å²) in [6.07, 6.45) is 4.79. The van der Waals surface area contributed by atoms with Gasteiger partial charge in [0.25, 0.3) is 0 Å². The topological polar surface area (TPSA) is 35.5 Å². The molecule has 0 radical (unpaired) electrons. The third-order valence-corrected chi connectivity index (χ3v) is 3.72. The van der Waals surface area contributed by atoms with E-state index in [0.717, 1.165) is 25.0 Å². The first-order chi connectivity index (χ1) is 8.74. The number of hydrogen-bond acceptors (Lipinski definition) is 3. The quantitative estimate of drug-likeness (QED) is 0.751. The van der Waals surface area contributed by atoms with Gasteiger partial charge in [0.1, 0.15) is 5.75 Å². The summed E-state index contributed by atoms with van der Waals surface area (Å²) in [5.41, 5.74) is 2.83. The molecule has 0 N–H and O–H groups in total. The lowest BCUT2D eigenvalue weighted by Crippen LogP contribution is -2.01. The lowest BCUT2D eigenvalue weighted by Gasteiger charge is -2.12. The number of benzene rings is 1. The number of carbonyl (C=O) groups is 1. The smallest absolute Gasteiger partial charge is 0.305 e. The van der Waals surface area contributed by atoms with Gasteiger partial charge in [-0.1, -0.05) is 6.07 Å². The standard InChI is InChI=1S/C15H20O3/c1-17-13-9-8-12-7-6-11(14(12)10-13)4-3-5-15(16)18-2/h8-11H,3-7H2,1-2H3/t11-/m0/s1. The van der Waals surface area contributed by atoms with Crippen LogP contribution < -0.4 is 4.74 Å². The maximum Gasteiger partial charge on any atom is 0.305 e. The molecule has 1 aliphatic rings. The van der Waals surface area contributed by atoms with E-state index in [2.05, 4.69) is 16.9 Å². The van der Waals surface area contributed by atoms with Gasteiger partial charge in [-0.3, -0.25) is 4.79 Å². The Labute approximate surface area is 108 Å². The Bertz CT molecular complexity index is 426. The second-order valence-electron chi connectivity index (χ2n) is 4.77. The molecule has 1 aliphatic carbocycles. The fraction of sp³-hybridized carbons (Fsp3) is 0.533. The summed E-state index contributed by atoms with van der Waals surface area (Å²) in [6, 6.07) is 6.33. The molecule has 1 aromatic carbocycles. The summed E-state index contributed by atoms with van der Waals surface area (Å²) in [7, 11) is 3.14. The van der Waals surface area contributed by atoms with Crippen LogP contribution in [0.15, 0.2) is 18.2 Å². The molecular formula is C15H20O3. The first-order valence-electron chi connectivity index (χ1n) is 6.48. The first kappa shape index (κ1) is 12.9. The van der Waals surface area contributed by atoms with E-state index in [4.69, 9.17) is 4.74 Å². The van der Waals surface area contributed by atoms with Gasteiger partial charge in [-0.25, -0.2) is 0 Å². The second kappa shape index (κ2) is 5.89. The predicted octanol–water partition coefficient (Wildman–Crippen LogP) is 3.07. The fourth-order valence-corrected chi connectivity index (χ4v) is 2.69. The van der Waals surface area contributed by atoms with Gasteiger partial charge in [0.2, 0.25) is 0 Å². The van der Waals surface area contributed by atoms with Crippen LogP contribution in [0.25, 0.3) is 0 Å². The van der Waals surface area contributed by atoms with Crippen molar-refractivity contribution in [2.75, 3.05) is 14.2 Å². The maximum atomic E-state index is 11.1. The molecule has 2 rings (SSSR count). The Balaban J connectivity index is 1.95. The molecule has 0 spiro atoms. The Kier molecular flexibility index (Phi) is 4.24. The molecule has 0 unspecified atom stereocenters. The van der Waals surface area contributed by atoms with Crippen molar-refractivity contribution in [1.29, 1.82) is 0 Å². The monoisotopic (exact) mass is 248 g/mol. The molecule has 0 heterocycles. The molecule has 0 saturated carbocycles. The molecule has 0 amide bonds. The molecule has 1 aromatic rings. The molecule has 1 atom stereocenters. The van der Waals surface area contributed by atoms with Gasteiger partial charge in [-0.05, 0) is 54.9 Å². The van der Waals surface area contributed by atoms with Crippen LogP contribution >= 0.6 is 0 Å². The minimum absolute atomic E-state index is 0.112. The van der Waals surface area contributed by atoms with E-state index in [0.29, 0.717) is 12.3 Å². The van der Waals surface area contributed by atoms with Gasteiger partial charge < -0.3 is 9.47 Å². The summed E-state index contributed by atoms with van der Waals surface area (Å²) in [4.78, 5) is 11.1. The molecule has 98 valence electrons. The zero-order chi connectivity index (χ0) is 13.0. The number of carbonyl (C=O) groups excluding carboxylic acids is 1. The first-order valence-corrected chi connectivity index (χ1v) is 6.48. The molecule has 0 aromatic heterocycles. The number of methoxy groups -OCH3 is 2. The van der Waals surface area contributed by atoms with Crippen molar-refractivity contribution in [1.82, 2.24) is 0 Å². The van der Waals surface area contributed by atoms with Crippen molar-refractivity contribution in [2.45, 2.75) is 38.0 Å². The van der Waals surface area contributed by atoms with E-state index in [-0.39, 0.29) is 5.97 Å². The summed E-state index contributed by atoms with van der Waals surface area (Å²) in [5.74, 6) is 1.38. The van der Waals surface area contributed by atoms with Crippen LogP contribution in [-0.2, 0) is 16.0 Å². The second-order valence-corrected chi connectivity index (χ2v) is 4.77. The van der Waals surface area contributed by atoms with Crippen molar-refractivity contribution in [3.05, 3.63) is 29.3 Å². The van der Waals surface area contributed by atoms with Crippen LogP contribution in [0.1, 0.15) is 42.7 Å². The van der Waals surface area contributed by atoms with Crippen LogP contribution in [0.5, 0.6) is 5.75 Å². The van der Waals surface area contributed by atoms with Crippen LogP contribution in [-0.4, -0.2) is 20.2 Å². The minimum atomic E-state index is -0.112. The minimum Gasteiger partial charge on any atom is -0.497 e. The Morgan fingerprint density at radius 2 is 2.22 bits per heavy atom. The van der Waals surface area contributed by atoms with E-state index < -0.39 is 0 Å². The van der Waals surface area contributed by atoms with Gasteiger partial charge in [0.15, 0.2) is 0 Å². The van der Waals surface area contributed by atoms with Gasteiger partial charge in [0, 0.05) is 6.42 Å². The average Bonchev–Trinajstić information content (AvgIpc) is 2.81. The van der Waals surface area contributed by atoms with Gasteiger partial charge in [-0.2, -0.15) is 0 Å². The van der Waals surface area contributed by atoms with Gasteiger partial charge in [-0.15, -0.1) is 0 Å². The zero-order valence-electron chi connectivity index (χ0n) is 11.1. The maximum absolute atomic E-state index is 11.1. The Morgan fingerprint density at radius 3 is 2.94 bits per heavy atom. The molecule has 0 saturated heterocycles. The molecular weight excluding hydrogens is 228 g/mol. The Hall–Kier alpha value is -1.51. The lowest BCUT2D eigenvalue weighted by molar-refractivity contribution is -0.140. The van der Waals surface area contributed by atoms with Crippen molar-refractivity contribution >= 4 is 5.97 Å². The molecule has 3 heteroatoms. The third-order valence-electron chi connectivity index (χ3n) is 3.72. The molecule has 0 aliphatic heterocycles. The number of aryl methyl sites for hydroxylation is 1. The van der Waals surface area contributed by atoms with E-state index in [9.17, 15) is 4.79 Å². The van der Waals surface area contributed by atoms with Crippen LogP contribution in [0.2, 0.25) is 0 Å². The largest absolute Gasteiger partial charge is 0.497 e. The van der Waals surface area contributed by atoms with E-state index >= 15 is 0 Å². The van der Waals surface area contributed by atoms with Gasteiger partial charge in [0.05, 0.1) is 14.2 Å². The highest BCUT2D eigenvalue weighted by Gasteiger charge is 2.22. The number of ether oxygens (including phenoxy) is 2. The molecule has 0 bridgehead atoms. The van der Waals surface area contributed by atoms with E-state index in [1.54, 1.807) is 7.11 Å². The molecule has 0 fully saturated rings.